The number of hydrogen-bond acceptors (Lipinski definition) is 6. The van der Waals surface area contributed by atoms with Crippen molar-refractivity contribution in [2.75, 3.05) is 7.11 Å². The number of rotatable bonds is 6. The zero-order valence-electron chi connectivity index (χ0n) is 16.7. The number of carbonyl (C=O) groups is 2. The Morgan fingerprint density at radius 2 is 1.79 bits per heavy atom. The van der Waals surface area contributed by atoms with Crippen molar-refractivity contribution in [3.63, 3.8) is 0 Å². The molecule has 0 bridgehead atoms. The molecule has 1 N–H and O–H groups in total. The van der Waals surface area contributed by atoms with Crippen LogP contribution in [0.2, 0.25) is 0 Å². The number of alkyl halides is 3. The lowest BCUT2D eigenvalue weighted by atomic mass is 10.0. The average molecular weight is 467 g/mol. The van der Waals surface area contributed by atoms with Crippen LogP contribution < -0.4 is 10.1 Å². The van der Waals surface area contributed by atoms with Crippen molar-refractivity contribution >= 4 is 11.9 Å². The topological polar surface area (TPSA) is 90.4 Å². The maximum absolute atomic E-state index is 14.4. The molecule has 0 aliphatic heterocycles. The van der Waals surface area contributed by atoms with Crippen LogP contribution in [0.3, 0.4) is 0 Å². The van der Waals surface area contributed by atoms with Gasteiger partial charge in [0.25, 0.3) is 5.91 Å². The molecule has 1 atom stereocenters. The highest BCUT2D eigenvalue weighted by atomic mass is 19.4. The molecule has 1 amide bonds. The first-order chi connectivity index (χ1) is 15.6. The van der Waals surface area contributed by atoms with Gasteiger partial charge in [-0.25, -0.2) is 13.6 Å². The maximum atomic E-state index is 14.4. The van der Waals surface area contributed by atoms with Gasteiger partial charge in [0.2, 0.25) is 0 Å². The van der Waals surface area contributed by atoms with Gasteiger partial charge in [-0.3, -0.25) is 14.8 Å². The van der Waals surface area contributed by atoms with Gasteiger partial charge in [0.1, 0.15) is 17.2 Å². The number of nitrogens with one attached hydrogen (secondary N) is 1. The first-order valence-electron chi connectivity index (χ1n) is 9.10. The van der Waals surface area contributed by atoms with Gasteiger partial charge in [0.05, 0.1) is 18.7 Å². The third-order valence-corrected chi connectivity index (χ3v) is 4.27. The van der Waals surface area contributed by atoms with E-state index in [-0.39, 0.29) is 22.5 Å². The molecule has 1 unspecified atom stereocenters. The fourth-order valence-electron chi connectivity index (χ4n) is 2.80. The van der Waals surface area contributed by atoms with Crippen molar-refractivity contribution < 1.29 is 41.0 Å². The third kappa shape index (κ3) is 5.79. The normalized spacial score (nSPS) is 12.1. The number of aromatic nitrogens is 2. The Labute approximate surface area is 183 Å². The van der Waals surface area contributed by atoms with Gasteiger partial charge in [0.15, 0.2) is 11.6 Å². The Kier molecular flexibility index (Phi) is 6.85. The second kappa shape index (κ2) is 9.59. The van der Waals surface area contributed by atoms with Crippen LogP contribution in [0, 0.1) is 11.6 Å². The molecule has 0 fully saturated rings. The molecular formula is C21H14F5N3O4. The molecule has 1 aromatic carbocycles. The predicted molar refractivity (Wildman–Crippen MR) is 102 cm³/mol. The lowest BCUT2D eigenvalue weighted by Crippen LogP contribution is -2.31. The van der Waals surface area contributed by atoms with E-state index in [0.717, 1.165) is 18.3 Å². The molecule has 3 rings (SSSR count). The summed E-state index contributed by atoms with van der Waals surface area (Å²) in [5.41, 5.74) is -0.537. The number of hydrogen-bond donors (Lipinski definition) is 1. The molecule has 2 aromatic heterocycles. The summed E-state index contributed by atoms with van der Waals surface area (Å²) in [4.78, 5) is 31.9. The number of pyridine rings is 2. The van der Waals surface area contributed by atoms with Gasteiger partial charge < -0.3 is 14.8 Å². The number of esters is 1. The Morgan fingerprint density at radius 1 is 1.03 bits per heavy atom. The summed E-state index contributed by atoms with van der Waals surface area (Å²) in [6.07, 6.45) is -2.82. The molecule has 7 nitrogen and oxygen atoms in total. The van der Waals surface area contributed by atoms with Gasteiger partial charge in [0, 0.05) is 12.4 Å². The van der Waals surface area contributed by atoms with Gasteiger partial charge in [-0.1, -0.05) is 6.07 Å². The minimum Gasteiger partial charge on any atom is -0.465 e. The number of carbonyl (C=O) groups excluding carboxylic acids is 2. The summed E-state index contributed by atoms with van der Waals surface area (Å²) in [6, 6.07) is 5.79. The zero-order valence-corrected chi connectivity index (χ0v) is 16.7. The highest BCUT2D eigenvalue weighted by Gasteiger charge is 2.33. The monoisotopic (exact) mass is 467 g/mol. The van der Waals surface area contributed by atoms with E-state index in [1.807, 2.05) is 0 Å². The van der Waals surface area contributed by atoms with E-state index in [2.05, 4.69) is 24.8 Å². The molecule has 3 aromatic rings. The highest BCUT2D eigenvalue weighted by molar-refractivity contribution is 5.94. The van der Waals surface area contributed by atoms with Gasteiger partial charge in [-0.05, 0) is 42.0 Å². The summed E-state index contributed by atoms with van der Waals surface area (Å²) in [7, 11) is 1.17. The largest absolute Gasteiger partial charge is 0.573 e. The summed E-state index contributed by atoms with van der Waals surface area (Å²) in [5, 5.41) is 2.41. The van der Waals surface area contributed by atoms with E-state index in [4.69, 9.17) is 0 Å². The van der Waals surface area contributed by atoms with Crippen LogP contribution in [0.5, 0.6) is 5.75 Å². The number of benzene rings is 1. The zero-order chi connectivity index (χ0) is 24.2. The van der Waals surface area contributed by atoms with E-state index in [0.29, 0.717) is 12.1 Å². The van der Waals surface area contributed by atoms with Crippen molar-refractivity contribution in [1.29, 1.82) is 0 Å². The van der Waals surface area contributed by atoms with E-state index in [1.54, 1.807) is 0 Å². The second-order valence-corrected chi connectivity index (χ2v) is 6.44. The van der Waals surface area contributed by atoms with E-state index >= 15 is 0 Å². The fourth-order valence-corrected chi connectivity index (χ4v) is 2.80. The molecule has 172 valence electrons. The Bertz CT molecular complexity index is 1170. The number of amides is 1. The van der Waals surface area contributed by atoms with Crippen LogP contribution in [-0.2, 0) is 4.74 Å². The van der Waals surface area contributed by atoms with E-state index in [9.17, 15) is 31.5 Å². The highest BCUT2D eigenvalue weighted by Crippen LogP contribution is 2.30. The standard InChI is InChI=1S/C21H14F5N3O4/c1-32-20(31)12-4-6-15(28-10-12)19(30)29-17(18-13(22)3-2-8-27-18)11-5-7-16(14(23)9-11)33-21(24,25)26/h2-10,17H,1H3,(H,29,30). The van der Waals surface area contributed by atoms with E-state index in [1.165, 1.54) is 31.5 Å². The molecule has 0 saturated carbocycles. The van der Waals surface area contributed by atoms with Crippen LogP contribution in [0.4, 0.5) is 22.0 Å². The number of methoxy groups -OCH3 is 1. The van der Waals surface area contributed by atoms with Crippen LogP contribution in [-0.4, -0.2) is 35.3 Å². The Hall–Kier alpha value is -4.09. The van der Waals surface area contributed by atoms with Gasteiger partial charge in [-0.15, -0.1) is 13.2 Å². The summed E-state index contributed by atoms with van der Waals surface area (Å²) < 4.78 is 74.1. The van der Waals surface area contributed by atoms with Crippen LogP contribution in [0.25, 0.3) is 0 Å². The lowest BCUT2D eigenvalue weighted by Gasteiger charge is -2.20. The predicted octanol–water partition coefficient (Wildman–Crippen LogP) is 3.96. The third-order valence-electron chi connectivity index (χ3n) is 4.27. The fraction of sp³-hybridized carbons (Fsp3) is 0.143. The molecular weight excluding hydrogens is 453 g/mol. The van der Waals surface area contributed by atoms with Gasteiger partial charge in [-0.2, -0.15) is 0 Å². The first-order valence-corrected chi connectivity index (χ1v) is 9.10. The Morgan fingerprint density at radius 3 is 2.36 bits per heavy atom. The molecule has 12 heteroatoms. The van der Waals surface area contributed by atoms with Crippen molar-refractivity contribution in [1.82, 2.24) is 15.3 Å². The Balaban J connectivity index is 1.95. The molecule has 0 radical (unpaired) electrons. The first kappa shape index (κ1) is 23.6. The van der Waals surface area contributed by atoms with Crippen molar-refractivity contribution in [2.24, 2.45) is 0 Å². The quantitative estimate of drug-likeness (QED) is 0.436. The average Bonchev–Trinajstić information content (AvgIpc) is 2.78. The molecule has 0 spiro atoms. The molecule has 0 aliphatic rings. The van der Waals surface area contributed by atoms with Crippen molar-refractivity contribution in [3.8, 4) is 5.75 Å². The SMILES string of the molecule is COC(=O)c1ccc(C(=O)NC(c2ccc(OC(F)(F)F)c(F)c2)c2ncccc2F)nc1. The lowest BCUT2D eigenvalue weighted by molar-refractivity contribution is -0.275. The number of halogens is 5. The second-order valence-electron chi connectivity index (χ2n) is 6.44. The van der Waals surface area contributed by atoms with Crippen molar-refractivity contribution in [3.05, 3.63) is 89.0 Å². The van der Waals surface area contributed by atoms with Crippen LogP contribution in [0.15, 0.2) is 54.9 Å². The summed E-state index contributed by atoms with van der Waals surface area (Å²) in [5.74, 6) is -4.87. The summed E-state index contributed by atoms with van der Waals surface area (Å²) in [6.45, 7) is 0. The molecule has 2 heterocycles. The van der Waals surface area contributed by atoms with Crippen LogP contribution >= 0.6 is 0 Å². The number of ether oxygens (including phenoxy) is 2. The minimum atomic E-state index is -5.12. The van der Waals surface area contributed by atoms with Gasteiger partial charge >= 0.3 is 12.3 Å². The molecule has 33 heavy (non-hydrogen) atoms. The number of nitrogens with zero attached hydrogens (tertiary/aromatic N) is 2. The van der Waals surface area contributed by atoms with E-state index < -0.39 is 41.7 Å². The van der Waals surface area contributed by atoms with Crippen LogP contribution in [0.1, 0.15) is 38.1 Å². The maximum Gasteiger partial charge on any atom is 0.573 e. The van der Waals surface area contributed by atoms with Crippen molar-refractivity contribution in [2.45, 2.75) is 12.4 Å². The smallest absolute Gasteiger partial charge is 0.465 e. The molecule has 0 aliphatic carbocycles. The molecule has 0 saturated heterocycles. The summed E-state index contributed by atoms with van der Waals surface area (Å²) >= 11 is 0. The minimum absolute atomic E-state index is 0.0729.